The summed E-state index contributed by atoms with van der Waals surface area (Å²) in [5, 5.41) is 4.10. The van der Waals surface area contributed by atoms with Crippen molar-refractivity contribution in [3.8, 4) is 0 Å². The zero-order chi connectivity index (χ0) is 11.3. The second-order valence-corrected chi connectivity index (χ2v) is 4.04. The molecule has 1 atom stereocenters. The highest BCUT2D eigenvalue weighted by molar-refractivity contribution is 6.31. The predicted octanol–water partition coefficient (Wildman–Crippen LogP) is 3.35. The van der Waals surface area contributed by atoms with Gasteiger partial charge in [-0.15, -0.1) is 0 Å². The van der Waals surface area contributed by atoms with E-state index in [0.29, 0.717) is 5.02 Å². The standard InChI is InChI=1S/C12H17ClN2/c1-4-6-15-12(9(2)3)10-5-7-14-8-11(10)13/h5,7-8,12,15H,2,4,6H2,1,3H3. The lowest BCUT2D eigenvalue weighted by molar-refractivity contribution is 0.591. The van der Waals surface area contributed by atoms with E-state index >= 15 is 0 Å². The molecule has 1 rings (SSSR count). The van der Waals surface area contributed by atoms with E-state index in [1.165, 1.54) is 0 Å². The van der Waals surface area contributed by atoms with Crippen molar-refractivity contribution < 1.29 is 0 Å². The minimum atomic E-state index is 0.125. The molecule has 0 fully saturated rings. The fourth-order valence-corrected chi connectivity index (χ4v) is 1.69. The zero-order valence-electron chi connectivity index (χ0n) is 9.26. The van der Waals surface area contributed by atoms with Gasteiger partial charge in [-0.3, -0.25) is 4.98 Å². The summed E-state index contributed by atoms with van der Waals surface area (Å²) in [6.45, 7) is 9.08. The van der Waals surface area contributed by atoms with Crippen LogP contribution in [0.25, 0.3) is 0 Å². The molecule has 1 aromatic heterocycles. The molecular formula is C12H17ClN2. The van der Waals surface area contributed by atoms with Gasteiger partial charge in [0.2, 0.25) is 0 Å². The van der Waals surface area contributed by atoms with Crippen molar-refractivity contribution in [3.63, 3.8) is 0 Å². The van der Waals surface area contributed by atoms with Gasteiger partial charge in [0.15, 0.2) is 0 Å². The van der Waals surface area contributed by atoms with Gasteiger partial charge in [-0.2, -0.15) is 0 Å². The van der Waals surface area contributed by atoms with Gasteiger partial charge >= 0.3 is 0 Å². The number of pyridine rings is 1. The first kappa shape index (κ1) is 12.2. The monoisotopic (exact) mass is 224 g/mol. The van der Waals surface area contributed by atoms with Crippen molar-refractivity contribution in [1.29, 1.82) is 0 Å². The topological polar surface area (TPSA) is 24.9 Å². The van der Waals surface area contributed by atoms with Gasteiger partial charge in [-0.05, 0) is 31.5 Å². The van der Waals surface area contributed by atoms with Crippen LogP contribution in [0.15, 0.2) is 30.6 Å². The molecule has 1 aromatic rings. The molecule has 0 aliphatic heterocycles. The first-order chi connectivity index (χ1) is 7.16. The van der Waals surface area contributed by atoms with Crippen molar-refractivity contribution in [1.82, 2.24) is 10.3 Å². The largest absolute Gasteiger partial charge is 0.307 e. The summed E-state index contributed by atoms with van der Waals surface area (Å²) in [6.07, 6.45) is 4.51. The average molecular weight is 225 g/mol. The molecule has 0 saturated heterocycles. The van der Waals surface area contributed by atoms with Crippen LogP contribution in [-0.4, -0.2) is 11.5 Å². The van der Waals surface area contributed by atoms with Crippen LogP contribution in [0.1, 0.15) is 31.9 Å². The van der Waals surface area contributed by atoms with Crippen LogP contribution in [0.5, 0.6) is 0 Å². The summed E-state index contributed by atoms with van der Waals surface area (Å²) < 4.78 is 0. The molecule has 82 valence electrons. The molecule has 1 unspecified atom stereocenters. The van der Waals surface area contributed by atoms with Crippen molar-refractivity contribution in [3.05, 3.63) is 41.2 Å². The highest BCUT2D eigenvalue weighted by Gasteiger charge is 2.13. The van der Waals surface area contributed by atoms with E-state index < -0.39 is 0 Å². The number of hydrogen-bond donors (Lipinski definition) is 1. The molecule has 0 bridgehead atoms. The first-order valence-electron chi connectivity index (χ1n) is 5.15. The van der Waals surface area contributed by atoms with Gasteiger partial charge in [0.1, 0.15) is 0 Å². The van der Waals surface area contributed by atoms with E-state index in [1.807, 2.05) is 13.0 Å². The Morgan fingerprint density at radius 3 is 2.93 bits per heavy atom. The average Bonchev–Trinajstić information content (AvgIpc) is 2.20. The maximum atomic E-state index is 6.10. The zero-order valence-corrected chi connectivity index (χ0v) is 10.0. The van der Waals surface area contributed by atoms with Crippen molar-refractivity contribution in [2.45, 2.75) is 26.3 Å². The lowest BCUT2D eigenvalue weighted by Gasteiger charge is -2.19. The molecule has 2 nitrogen and oxygen atoms in total. The molecule has 0 spiro atoms. The van der Waals surface area contributed by atoms with Gasteiger partial charge in [0.25, 0.3) is 0 Å². The maximum absolute atomic E-state index is 6.10. The Balaban J connectivity index is 2.89. The van der Waals surface area contributed by atoms with E-state index in [0.717, 1.165) is 24.1 Å². The lowest BCUT2D eigenvalue weighted by atomic mass is 10.0. The number of nitrogens with one attached hydrogen (secondary N) is 1. The molecule has 1 N–H and O–H groups in total. The Morgan fingerprint density at radius 1 is 1.67 bits per heavy atom. The maximum Gasteiger partial charge on any atom is 0.0640 e. The molecule has 3 heteroatoms. The molecule has 1 heterocycles. The second kappa shape index (κ2) is 5.89. The minimum Gasteiger partial charge on any atom is -0.307 e. The second-order valence-electron chi connectivity index (χ2n) is 3.63. The quantitative estimate of drug-likeness (QED) is 0.776. The Morgan fingerprint density at radius 2 is 2.40 bits per heavy atom. The van der Waals surface area contributed by atoms with Crippen LogP contribution in [0, 0.1) is 0 Å². The third-order valence-corrected chi connectivity index (χ3v) is 2.52. The van der Waals surface area contributed by atoms with Crippen LogP contribution in [0.2, 0.25) is 5.02 Å². The third-order valence-electron chi connectivity index (χ3n) is 2.21. The molecule has 0 amide bonds. The van der Waals surface area contributed by atoms with Gasteiger partial charge in [0.05, 0.1) is 11.1 Å². The van der Waals surface area contributed by atoms with Crippen LogP contribution < -0.4 is 5.32 Å². The van der Waals surface area contributed by atoms with E-state index in [1.54, 1.807) is 12.4 Å². The van der Waals surface area contributed by atoms with Gasteiger partial charge in [-0.25, -0.2) is 0 Å². The minimum absolute atomic E-state index is 0.125. The van der Waals surface area contributed by atoms with Crippen LogP contribution >= 0.6 is 11.6 Å². The molecule has 0 aliphatic carbocycles. The summed E-state index contributed by atoms with van der Waals surface area (Å²) in [6, 6.07) is 2.06. The smallest absolute Gasteiger partial charge is 0.0640 e. The number of halogens is 1. The van der Waals surface area contributed by atoms with Crippen molar-refractivity contribution in [2.75, 3.05) is 6.54 Å². The van der Waals surface area contributed by atoms with Gasteiger partial charge < -0.3 is 5.32 Å². The van der Waals surface area contributed by atoms with E-state index in [2.05, 4.69) is 23.8 Å². The normalized spacial score (nSPS) is 12.5. The predicted molar refractivity (Wildman–Crippen MR) is 65.1 cm³/mol. The Hall–Kier alpha value is -0.860. The molecule has 0 aliphatic rings. The Bertz CT molecular complexity index is 336. The van der Waals surface area contributed by atoms with E-state index in [9.17, 15) is 0 Å². The fraction of sp³-hybridized carbons (Fsp3) is 0.417. The first-order valence-corrected chi connectivity index (χ1v) is 5.52. The summed E-state index contributed by atoms with van der Waals surface area (Å²) in [5.74, 6) is 0. The Kier molecular flexibility index (Phi) is 4.79. The molecule has 0 saturated carbocycles. The molecule has 0 aromatic carbocycles. The highest BCUT2D eigenvalue weighted by Crippen LogP contribution is 2.26. The van der Waals surface area contributed by atoms with Crippen LogP contribution in [0.3, 0.4) is 0 Å². The number of hydrogen-bond acceptors (Lipinski definition) is 2. The third kappa shape index (κ3) is 3.33. The summed E-state index contributed by atoms with van der Waals surface area (Å²) in [7, 11) is 0. The summed E-state index contributed by atoms with van der Waals surface area (Å²) in [4.78, 5) is 3.98. The van der Waals surface area contributed by atoms with Crippen molar-refractivity contribution >= 4 is 11.6 Å². The highest BCUT2D eigenvalue weighted by atomic mass is 35.5. The molecular weight excluding hydrogens is 208 g/mol. The molecule has 15 heavy (non-hydrogen) atoms. The number of nitrogens with zero attached hydrogens (tertiary/aromatic N) is 1. The summed E-state index contributed by atoms with van der Waals surface area (Å²) >= 11 is 6.10. The van der Waals surface area contributed by atoms with Crippen molar-refractivity contribution in [2.24, 2.45) is 0 Å². The van der Waals surface area contributed by atoms with E-state index in [4.69, 9.17) is 11.6 Å². The fourth-order valence-electron chi connectivity index (χ4n) is 1.46. The number of aromatic nitrogens is 1. The van der Waals surface area contributed by atoms with Crippen LogP contribution in [-0.2, 0) is 0 Å². The summed E-state index contributed by atoms with van der Waals surface area (Å²) in [5.41, 5.74) is 2.11. The van der Waals surface area contributed by atoms with Gasteiger partial charge in [0, 0.05) is 12.4 Å². The SMILES string of the molecule is C=C(C)C(NCCC)c1ccncc1Cl. The van der Waals surface area contributed by atoms with Crippen LogP contribution in [0.4, 0.5) is 0 Å². The van der Waals surface area contributed by atoms with E-state index in [-0.39, 0.29) is 6.04 Å². The Labute approximate surface area is 96.4 Å². The van der Waals surface area contributed by atoms with Gasteiger partial charge in [-0.1, -0.05) is 30.7 Å². The lowest BCUT2D eigenvalue weighted by Crippen LogP contribution is -2.23. The number of rotatable bonds is 5. The molecule has 0 radical (unpaired) electrons.